The van der Waals surface area contributed by atoms with E-state index in [1.54, 1.807) is 11.1 Å². The van der Waals surface area contributed by atoms with Crippen LogP contribution in [0.2, 0.25) is 5.15 Å². The molecule has 0 bridgehead atoms. The highest BCUT2D eigenvalue weighted by Crippen LogP contribution is 2.50. The van der Waals surface area contributed by atoms with Crippen LogP contribution in [-0.4, -0.2) is 62.8 Å². The zero-order valence-corrected chi connectivity index (χ0v) is 14.9. The number of hydrogen-bond donors (Lipinski definition) is 1. The van der Waals surface area contributed by atoms with E-state index in [0.717, 1.165) is 57.6 Å². The Bertz CT molecular complexity index is 633. The maximum absolute atomic E-state index is 11.1. The lowest BCUT2D eigenvalue weighted by Gasteiger charge is -2.51. The molecular formula is C17H25ClN4O2. The van der Waals surface area contributed by atoms with Crippen LogP contribution < -0.4 is 0 Å². The molecule has 1 aromatic heterocycles. The number of carbonyl (C=O) groups is 1. The number of amides is 1. The largest absolute Gasteiger partial charge is 0.465 e. The van der Waals surface area contributed by atoms with E-state index in [2.05, 4.69) is 9.88 Å². The molecule has 1 N–H and O–H groups in total. The van der Waals surface area contributed by atoms with Gasteiger partial charge in [-0.15, -0.1) is 0 Å². The molecule has 1 aromatic rings. The van der Waals surface area contributed by atoms with E-state index in [9.17, 15) is 4.79 Å². The Morgan fingerprint density at radius 2 is 2.04 bits per heavy atom. The van der Waals surface area contributed by atoms with E-state index in [1.807, 2.05) is 11.6 Å². The van der Waals surface area contributed by atoms with Gasteiger partial charge in [0.1, 0.15) is 11.0 Å². The van der Waals surface area contributed by atoms with E-state index in [1.165, 1.54) is 0 Å². The second-order valence-corrected chi connectivity index (χ2v) is 8.21. The maximum atomic E-state index is 11.1. The summed E-state index contributed by atoms with van der Waals surface area (Å²) in [5, 5.41) is 9.85. The van der Waals surface area contributed by atoms with Crippen LogP contribution in [0.15, 0.2) is 6.20 Å². The van der Waals surface area contributed by atoms with Crippen molar-refractivity contribution in [3.63, 3.8) is 0 Å². The second-order valence-electron chi connectivity index (χ2n) is 7.82. The number of rotatable bonds is 2. The first-order chi connectivity index (χ1) is 11.5. The standard InChI is InChI=1S/C17H25ClN4O2/c1-20-14(18)10-19-15(20)12-2-5-21(6-3-12)13-8-17(9-13)4-7-22(11-17)16(23)24/h10,12-13H,2-9,11H2,1H3,(H,23,24). The number of nitrogens with zero attached hydrogens (tertiary/aromatic N) is 4. The highest BCUT2D eigenvalue weighted by atomic mass is 35.5. The van der Waals surface area contributed by atoms with Crippen molar-refractivity contribution in [2.24, 2.45) is 12.5 Å². The predicted molar refractivity (Wildman–Crippen MR) is 91.4 cm³/mol. The normalized spacial score (nSPS) is 31.6. The average Bonchev–Trinajstić information content (AvgIpc) is 3.12. The second kappa shape index (κ2) is 5.92. The molecule has 0 atom stereocenters. The predicted octanol–water partition coefficient (Wildman–Crippen LogP) is 2.79. The van der Waals surface area contributed by atoms with E-state index in [-0.39, 0.29) is 5.41 Å². The van der Waals surface area contributed by atoms with Gasteiger partial charge >= 0.3 is 6.09 Å². The van der Waals surface area contributed by atoms with Gasteiger partial charge < -0.3 is 19.5 Å². The Balaban J connectivity index is 1.29. The summed E-state index contributed by atoms with van der Waals surface area (Å²) >= 11 is 6.11. The van der Waals surface area contributed by atoms with Crippen LogP contribution in [0.5, 0.6) is 0 Å². The summed E-state index contributed by atoms with van der Waals surface area (Å²) in [6, 6.07) is 0.643. The Kier molecular flexibility index (Phi) is 4.00. The van der Waals surface area contributed by atoms with E-state index in [0.29, 0.717) is 23.7 Å². The summed E-state index contributed by atoms with van der Waals surface area (Å²) in [5.41, 5.74) is 0.271. The third-order valence-electron chi connectivity index (χ3n) is 6.42. The van der Waals surface area contributed by atoms with Crippen molar-refractivity contribution < 1.29 is 9.90 Å². The van der Waals surface area contributed by atoms with Crippen molar-refractivity contribution in [3.05, 3.63) is 17.2 Å². The minimum Gasteiger partial charge on any atom is -0.465 e. The Hall–Kier alpha value is -1.27. The van der Waals surface area contributed by atoms with Gasteiger partial charge in [0.2, 0.25) is 0 Å². The number of imidazole rings is 1. The molecule has 1 spiro atoms. The molecule has 3 aliphatic rings. The van der Waals surface area contributed by atoms with Crippen LogP contribution in [0.4, 0.5) is 4.79 Å². The molecule has 24 heavy (non-hydrogen) atoms. The highest BCUT2D eigenvalue weighted by molar-refractivity contribution is 6.29. The fourth-order valence-corrected chi connectivity index (χ4v) is 5.07. The highest BCUT2D eigenvalue weighted by Gasteiger charge is 2.51. The van der Waals surface area contributed by atoms with Gasteiger partial charge in [0, 0.05) is 32.1 Å². The first-order valence-corrected chi connectivity index (χ1v) is 9.24. The molecular weight excluding hydrogens is 328 g/mol. The molecule has 1 aliphatic carbocycles. The lowest BCUT2D eigenvalue weighted by molar-refractivity contribution is -0.00431. The lowest BCUT2D eigenvalue weighted by atomic mass is 9.64. The number of carboxylic acid groups (broad SMARTS) is 1. The van der Waals surface area contributed by atoms with Gasteiger partial charge in [-0.2, -0.15) is 0 Å². The zero-order chi connectivity index (χ0) is 16.9. The number of aromatic nitrogens is 2. The van der Waals surface area contributed by atoms with Gasteiger partial charge in [0.15, 0.2) is 0 Å². The van der Waals surface area contributed by atoms with Crippen molar-refractivity contribution in [1.82, 2.24) is 19.4 Å². The SMILES string of the molecule is Cn1c(Cl)cnc1C1CCN(C2CC3(CCN(C(=O)O)C3)C2)CC1. The smallest absolute Gasteiger partial charge is 0.407 e. The number of likely N-dealkylation sites (tertiary alicyclic amines) is 2. The first kappa shape index (κ1) is 16.2. The van der Waals surface area contributed by atoms with E-state index in [4.69, 9.17) is 16.7 Å². The lowest BCUT2D eigenvalue weighted by Crippen LogP contribution is -2.54. The van der Waals surface area contributed by atoms with Crippen molar-refractivity contribution in [1.29, 1.82) is 0 Å². The topological polar surface area (TPSA) is 61.6 Å². The number of piperidine rings is 1. The van der Waals surface area contributed by atoms with Crippen LogP contribution >= 0.6 is 11.6 Å². The third-order valence-corrected chi connectivity index (χ3v) is 6.78. The van der Waals surface area contributed by atoms with Crippen LogP contribution in [0.3, 0.4) is 0 Å². The molecule has 4 rings (SSSR count). The first-order valence-electron chi connectivity index (χ1n) is 8.86. The fraction of sp³-hybridized carbons (Fsp3) is 0.765. The summed E-state index contributed by atoms with van der Waals surface area (Å²) in [6.07, 6.45) is 6.61. The molecule has 132 valence electrons. The maximum Gasteiger partial charge on any atom is 0.407 e. The van der Waals surface area contributed by atoms with Gasteiger partial charge in [-0.3, -0.25) is 0 Å². The van der Waals surface area contributed by atoms with Crippen molar-refractivity contribution in [2.45, 2.75) is 44.1 Å². The number of halogens is 1. The molecule has 0 unspecified atom stereocenters. The van der Waals surface area contributed by atoms with Gasteiger partial charge in [0.25, 0.3) is 0 Å². The van der Waals surface area contributed by atoms with Gasteiger partial charge in [-0.1, -0.05) is 11.6 Å². The Morgan fingerprint density at radius 1 is 1.33 bits per heavy atom. The Labute approximate surface area is 147 Å². The molecule has 0 radical (unpaired) electrons. The summed E-state index contributed by atoms with van der Waals surface area (Å²) in [4.78, 5) is 19.8. The Morgan fingerprint density at radius 3 is 2.58 bits per heavy atom. The minimum absolute atomic E-state index is 0.271. The van der Waals surface area contributed by atoms with E-state index >= 15 is 0 Å². The molecule has 6 nitrogen and oxygen atoms in total. The molecule has 7 heteroatoms. The summed E-state index contributed by atoms with van der Waals surface area (Å²) in [6.45, 7) is 3.67. The summed E-state index contributed by atoms with van der Waals surface area (Å²) in [5.74, 6) is 1.61. The van der Waals surface area contributed by atoms with Crippen LogP contribution in [-0.2, 0) is 7.05 Å². The molecule has 0 aromatic carbocycles. The quantitative estimate of drug-likeness (QED) is 0.889. The average molecular weight is 353 g/mol. The summed E-state index contributed by atoms with van der Waals surface area (Å²) < 4.78 is 2.00. The van der Waals surface area contributed by atoms with Crippen LogP contribution in [0, 0.1) is 5.41 Å². The zero-order valence-electron chi connectivity index (χ0n) is 14.1. The summed E-state index contributed by atoms with van der Waals surface area (Å²) in [7, 11) is 1.99. The molecule has 3 fully saturated rings. The van der Waals surface area contributed by atoms with Crippen molar-refractivity contribution in [2.75, 3.05) is 26.2 Å². The van der Waals surface area contributed by atoms with Crippen molar-refractivity contribution in [3.8, 4) is 0 Å². The van der Waals surface area contributed by atoms with Crippen molar-refractivity contribution >= 4 is 17.7 Å². The molecule has 1 saturated carbocycles. The van der Waals surface area contributed by atoms with Gasteiger partial charge in [-0.25, -0.2) is 9.78 Å². The molecule has 2 saturated heterocycles. The third kappa shape index (κ3) is 2.69. The van der Waals surface area contributed by atoms with E-state index < -0.39 is 6.09 Å². The van der Waals surface area contributed by atoms with Crippen LogP contribution in [0.1, 0.15) is 43.8 Å². The molecule has 3 heterocycles. The minimum atomic E-state index is -0.759. The van der Waals surface area contributed by atoms with Gasteiger partial charge in [0.05, 0.1) is 6.20 Å². The molecule has 1 amide bonds. The number of hydrogen-bond acceptors (Lipinski definition) is 3. The fourth-order valence-electron chi connectivity index (χ4n) is 4.93. The molecule has 2 aliphatic heterocycles. The van der Waals surface area contributed by atoms with Crippen LogP contribution in [0.25, 0.3) is 0 Å². The monoisotopic (exact) mass is 352 g/mol. The van der Waals surface area contributed by atoms with Gasteiger partial charge in [-0.05, 0) is 50.6 Å².